The first-order chi connectivity index (χ1) is 17.9. The molecule has 0 amide bonds. The largest absolute Gasteiger partial charge is 0.494 e. The summed E-state index contributed by atoms with van der Waals surface area (Å²) in [5.74, 6) is -0.561. The predicted molar refractivity (Wildman–Crippen MR) is 140 cm³/mol. The molecule has 0 bridgehead atoms. The third-order valence-electron chi connectivity index (χ3n) is 5.18. The minimum atomic E-state index is -4.80. The van der Waals surface area contributed by atoms with E-state index < -0.39 is 47.6 Å². The van der Waals surface area contributed by atoms with E-state index in [4.69, 9.17) is 32.5 Å². The van der Waals surface area contributed by atoms with Gasteiger partial charge < -0.3 is 4.74 Å². The molecule has 0 spiro atoms. The lowest BCUT2D eigenvalue weighted by molar-refractivity contribution is 0.284. The number of hydrogen-bond acceptors (Lipinski definition) is 11. The molecule has 0 unspecified atom stereocenters. The van der Waals surface area contributed by atoms with Crippen molar-refractivity contribution in [1.82, 2.24) is 9.78 Å². The zero-order chi connectivity index (χ0) is 29.3. The van der Waals surface area contributed by atoms with Crippen molar-refractivity contribution in [3.05, 3.63) is 51.6 Å². The van der Waals surface area contributed by atoms with Gasteiger partial charge in [-0.05, 0) is 38.1 Å². The van der Waals surface area contributed by atoms with E-state index in [-0.39, 0.29) is 37.9 Å². The molecule has 0 fully saturated rings. The summed E-state index contributed by atoms with van der Waals surface area (Å²) in [5, 5.41) is 12.3. The van der Waals surface area contributed by atoms with Gasteiger partial charge in [-0.1, -0.05) is 23.2 Å². The maximum Gasteiger partial charge on any atom is 0.397 e. The normalized spacial score (nSPS) is 12.8. The molecular weight excluding hydrogens is 623 g/mol. The van der Waals surface area contributed by atoms with Gasteiger partial charge in [0.2, 0.25) is 0 Å². The maximum absolute atomic E-state index is 12.5. The first kappa shape index (κ1) is 30.9. The van der Waals surface area contributed by atoms with Gasteiger partial charge in [-0.3, -0.25) is 9.11 Å². The summed E-state index contributed by atoms with van der Waals surface area (Å²) in [7, 11) is -12.2. The number of methoxy groups -OCH3 is 1. The molecule has 212 valence electrons. The van der Waals surface area contributed by atoms with Gasteiger partial charge in [0.1, 0.15) is 16.3 Å². The number of halogens is 2. The van der Waals surface area contributed by atoms with Crippen LogP contribution in [0, 0.1) is 13.8 Å². The average Bonchev–Trinajstić information content (AvgIpc) is 3.10. The third-order valence-corrected chi connectivity index (χ3v) is 8.95. The van der Waals surface area contributed by atoms with Crippen LogP contribution in [0.1, 0.15) is 11.3 Å². The van der Waals surface area contributed by atoms with E-state index in [2.05, 4.69) is 19.5 Å². The average molecular weight is 644 g/mol. The van der Waals surface area contributed by atoms with Crippen LogP contribution in [0.3, 0.4) is 0 Å². The summed E-state index contributed by atoms with van der Waals surface area (Å²) >= 11 is 12.3. The molecule has 0 aliphatic carbocycles. The van der Waals surface area contributed by atoms with Crippen LogP contribution in [-0.4, -0.2) is 63.6 Å². The van der Waals surface area contributed by atoms with Crippen LogP contribution in [0.25, 0.3) is 5.69 Å². The topological polar surface area (TPSA) is 204 Å². The number of sulfone groups is 1. The van der Waals surface area contributed by atoms with Crippen molar-refractivity contribution in [3.63, 3.8) is 0 Å². The maximum atomic E-state index is 12.5. The molecule has 3 aromatic rings. The molecule has 3 rings (SSSR count). The van der Waals surface area contributed by atoms with E-state index >= 15 is 0 Å². The van der Waals surface area contributed by atoms with Crippen molar-refractivity contribution < 1.29 is 43.3 Å². The molecule has 2 aromatic carbocycles. The molecule has 14 nitrogen and oxygen atoms in total. The predicted octanol–water partition coefficient (Wildman–Crippen LogP) is 4.06. The van der Waals surface area contributed by atoms with Crippen molar-refractivity contribution in [2.75, 3.05) is 19.5 Å². The molecular formula is C20H20Cl2N4O10S3. The first-order valence-electron chi connectivity index (χ1n) is 10.4. The van der Waals surface area contributed by atoms with E-state index in [1.54, 1.807) is 13.8 Å². The lowest BCUT2D eigenvalue weighted by Gasteiger charge is -2.10. The third kappa shape index (κ3) is 7.31. The van der Waals surface area contributed by atoms with Crippen molar-refractivity contribution >= 4 is 65.1 Å². The fourth-order valence-corrected chi connectivity index (χ4v) is 5.99. The summed E-state index contributed by atoms with van der Waals surface area (Å²) in [6.07, 6.45) is 0. The Balaban J connectivity index is 2.00. The Labute approximate surface area is 233 Å². The van der Waals surface area contributed by atoms with Crippen molar-refractivity contribution in [2.24, 2.45) is 10.2 Å². The van der Waals surface area contributed by atoms with Gasteiger partial charge in [-0.2, -0.15) is 21.9 Å². The second kappa shape index (κ2) is 11.5. The molecule has 1 heterocycles. The smallest absolute Gasteiger partial charge is 0.397 e. The van der Waals surface area contributed by atoms with Crippen molar-refractivity contribution in [1.29, 1.82) is 0 Å². The number of benzene rings is 2. The van der Waals surface area contributed by atoms with Gasteiger partial charge in [0, 0.05) is 11.6 Å². The Morgan fingerprint density at radius 1 is 0.974 bits per heavy atom. The highest BCUT2D eigenvalue weighted by Gasteiger charge is 2.22. The van der Waals surface area contributed by atoms with Crippen LogP contribution in [-0.2, 0) is 34.5 Å². The van der Waals surface area contributed by atoms with Crippen LogP contribution in [0.5, 0.6) is 5.75 Å². The molecule has 0 aliphatic heterocycles. The number of hydrogen-bond donors (Lipinski definition) is 2. The Kier molecular flexibility index (Phi) is 9.08. The van der Waals surface area contributed by atoms with E-state index in [0.29, 0.717) is 11.3 Å². The molecule has 1 aromatic heterocycles. The van der Waals surface area contributed by atoms with Gasteiger partial charge >= 0.3 is 10.4 Å². The van der Waals surface area contributed by atoms with Gasteiger partial charge in [0.25, 0.3) is 10.1 Å². The summed E-state index contributed by atoms with van der Waals surface area (Å²) in [4.78, 5) is -0.819. The van der Waals surface area contributed by atoms with Crippen LogP contribution in [0.2, 0.25) is 10.0 Å². The lowest BCUT2D eigenvalue weighted by atomic mass is 10.2. The summed E-state index contributed by atoms with van der Waals surface area (Å²) in [6.45, 7) is 2.57. The standard InChI is InChI=1S/C20H20Cl2N4O10S3/c1-11-12(2)25-26(17-9-15(22)19(10-14(17)21)38(29,30)31)20(11)24-23-16-5-4-13(8-18(16)35-3)37(27,28)7-6-36-39(32,33)34/h4-5,8-10H,6-7H2,1-3H3,(H,29,30,31)(H,32,33,34)/b24-23+. The zero-order valence-electron chi connectivity index (χ0n) is 20.2. The van der Waals surface area contributed by atoms with Crippen molar-refractivity contribution in [2.45, 2.75) is 23.6 Å². The summed E-state index contributed by atoms with van der Waals surface area (Å²) in [5.41, 5.74) is 1.35. The Morgan fingerprint density at radius 3 is 2.23 bits per heavy atom. The summed E-state index contributed by atoms with van der Waals surface area (Å²) < 4.78 is 97.9. The number of nitrogens with zero attached hydrogens (tertiary/aromatic N) is 4. The number of aryl methyl sites for hydroxylation is 1. The highest BCUT2D eigenvalue weighted by Crippen LogP contribution is 2.36. The fourth-order valence-electron chi connectivity index (χ4n) is 3.16. The van der Waals surface area contributed by atoms with Crippen molar-refractivity contribution in [3.8, 4) is 11.4 Å². The zero-order valence-corrected chi connectivity index (χ0v) is 24.2. The molecule has 0 atom stereocenters. The second-order valence-corrected chi connectivity index (χ2v) is 13.2. The van der Waals surface area contributed by atoms with Crippen LogP contribution >= 0.6 is 23.2 Å². The molecule has 0 radical (unpaired) electrons. The van der Waals surface area contributed by atoms with Gasteiger partial charge in [0.05, 0.1) is 45.8 Å². The Morgan fingerprint density at radius 2 is 1.64 bits per heavy atom. The highest BCUT2D eigenvalue weighted by atomic mass is 35.5. The highest BCUT2D eigenvalue weighted by molar-refractivity contribution is 7.91. The lowest BCUT2D eigenvalue weighted by Crippen LogP contribution is -2.15. The van der Waals surface area contributed by atoms with Crippen LogP contribution in [0.15, 0.2) is 50.4 Å². The molecule has 0 saturated carbocycles. The van der Waals surface area contributed by atoms with E-state index in [0.717, 1.165) is 12.1 Å². The van der Waals surface area contributed by atoms with Crippen LogP contribution < -0.4 is 4.74 Å². The van der Waals surface area contributed by atoms with Gasteiger partial charge in [-0.15, -0.1) is 10.2 Å². The Hall–Kier alpha value is -2.64. The van der Waals surface area contributed by atoms with Gasteiger partial charge in [0.15, 0.2) is 15.7 Å². The fraction of sp³-hybridized carbons (Fsp3) is 0.250. The number of aromatic nitrogens is 2. The van der Waals surface area contributed by atoms with E-state index in [1.165, 1.54) is 30.0 Å². The van der Waals surface area contributed by atoms with E-state index in [9.17, 15) is 29.8 Å². The Bertz CT molecular complexity index is 1790. The second-order valence-electron chi connectivity index (χ2n) is 7.76. The quantitative estimate of drug-likeness (QED) is 0.238. The number of rotatable bonds is 10. The molecule has 19 heteroatoms. The SMILES string of the molecule is COc1cc(S(=O)(=O)CCOS(=O)(=O)O)ccc1/N=N/c1c(C)c(C)nn1-c1cc(Cl)c(S(=O)(=O)O)cc1Cl. The van der Waals surface area contributed by atoms with E-state index in [1.807, 2.05) is 0 Å². The van der Waals surface area contributed by atoms with Crippen LogP contribution in [0.4, 0.5) is 11.5 Å². The minimum absolute atomic E-state index is 0.00884. The molecule has 0 aliphatic rings. The first-order valence-corrected chi connectivity index (χ1v) is 15.6. The molecule has 2 N–H and O–H groups in total. The minimum Gasteiger partial charge on any atom is -0.494 e. The molecule has 39 heavy (non-hydrogen) atoms. The number of azo groups is 1. The monoisotopic (exact) mass is 642 g/mol. The van der Waals surface area contributed by atoms with Gasteiger partial charge in [-0.25, -0.2) is 17.3 Å². The number of ether oxygens (including phenoxy) is 1. The summed E-state index contributed by atoms with van der Waals surface area (Å²) in [6, 6.07) is 5.79. The molecule has 0 saturated heterocycles.